The fourth-order valence-electron chi connectivity index (χ4n) is 5.12. The highest BCUT2D eigenvalue weighted by atomic mass is 32.1. The van der Waals surface area contributed by atoms with Gasteiger partial charge in [-0.2, -0.15) is 0 Å². The van der Waals surface area contributed by atoms with E-state index in [2.05, 4.69) is 41.8 Å². The maximum atomic E-state index is 5.55. The molecular weight excluding hydrogens is 276 g/mol. The Hall–Kier alpha value is -1.09. The van der Waals surface area contributed by atoms with E-state index in [9.17, 15) is 0 Å². The van der Waals surface area contributed by atoms with Crippen molar-refractivity contribution in [2.24, 2.45) is 23.7 Å². The first kappa shape index (κ1) is 13.6. The summed E-state index contributed by atoms with van der Waals surface area (Å²) in [5.41, 5.74) is 2.36. The molecule has 2 N–H and O–H groups in total. The van der Waals surface area contributed by atoms with Crippen LogP contribution in [0.4, 0.5) is 5.69 Å². The molecule has 1 aromatic rings. The molecule has 4 fully saturated rings. The summed E-state index contributed by atoms with van der Waals surface area (Å²) in [6.45, 7) is 2.11. The van der Waals surface area contributed by atoms with Crippen LogP contribution >= 0.6 is 12.2 Å². The highest BCUT2D eigenvalue weighted by molar-refractivity contribution is 7.80. The van der Waals surface area contributed by atoms with Gasteiger partial charge in [-0.15, -0.1) is 0 Å². The predicted molar refractivity (Wildman–Crippen MR) is 91.4 cm³/mol. The number of rotatable bonds is 2. The molecule has 1 aromatic carbocycles. The van der Waals surface area contributed by atoms with Gasteiger partial charge in [0.05, 0.1) is 0 Å². The van der Waals surface area contributed by atoms with Crippen LogP contribution in [0.25, 0.3) is 0 Å². The number of benzene rings is 1. The van der Waals surface area contributed by atoms with Gasteiger partial charge in [0, 0.05) is 11.7 Å². The van der Waals surface area contributed by atoms with E-state index in [0.29, 0.717) is 6.04 Å². The zero-order chi connectivity index (χ0) is 14.4. The molecule has 3 heteroatoms. The number of hydrogen-bond donors (Lipinski definition) is 2. The van der Waals surface area contributed by atoms with E-state index in [1.807, 2.05) is 0 Å². The van der Waals surface area contributed by atoms with E-state index >= 15 is 0 Å². The van der Waals surface area contributed by atoms with Crippen molar-refractivity contribution in [1.29, 1.82) is 0 Å². The third-order valence-electron chi connectivity index (χ3n) is 5.83. The highest BCUT2D eigenvalue weighted by Gasteiger charge is 2.48. The van der Waals surface area contributed by atoms with E-state index in [4.69, 9.17) is 12.2 Å². The van der Waals surface area contributed by atoms with Gasteiger partial charge in [-0.25, -0.2) is 0 Å². The summed E-state index contributed by atoms with van der Waals surface area (Å²) in [6.07, 6.45) is 7.22. The molecule has 0 saturated heterocycles. The zero-order valence-electron chi connectivity index (χ0n) is 12.6. The number of nitrogens with one attached hydrogen (secondary N) is 2. The summed E-state index contributed by atoms with van der Waals surface area (Å²) in [5.74, 6) is 3.76. The second-order valence-electron chi connectivity index (χ2n) is 7.42. The van der Waals surface area contributed by atoms with Crippen molar-refractivity contribution in [3.05, 3.63) is 29.8 Å². The van der Waals surface area contributed by atoms with Gasteiger partial charge in [0.15, 0.2) is 5.11 Å². The molecule has 4 aliphatic carbocycles. The smallest absolute Gasteiger partial charge is 0.171 e. The van der Waals surface area contributed by atoms with Gasteiger partial charge in [0.25, 0.3) is 0 Å². The summed E-state index contributed by atoms with van der Waals surface area (Å²) in [6, 6.07) is 9.05. The first-order valence-electron chi connectivity index (χ1n) is 8.31. The summed E-state index contributed by atoms with van der Waals surface area (Å²) in [4.78, 5) is 0. The van der Waals surface area contributed by atoms with Crippen LogP contribution in [-0.2, 0) is 0 Å². The first-order valence-corrected chi connectivity index (χ1v) is 8.72. The molecule has 0 aliphatic heterocycles. The Morgan fingerprint density at radius 2 is 1.52 bits per heavy atom. The normalized spacial score (nSPS) is 36.5. The Morgan fingerprint density at radius 1 is 0.952 bits per heavy atom. The van der Waals surface area contributed by atoms with Crippen LogP contribution < -0.4 is 10.6 Å². The van der Waals surface area contributed by atoms with Crippen molar-refractivity contribution in [1.82, 2.24) is 5.32 Å². The third-order valence-corrected chi connectivity index (χ3v) is 6.05. The van der Waals surface area contributed by atoms with Gasteiger partial charge in [-0.1, -0.05) is 17.7 Å². The molecule has 0 heterocycles. The van der Waals surface area contributed by atoms with Gasteiger partial charge in [-0.3, -0.25) is 0 Å². The van der Waals surface area contributed by atoms with E-state index in [-0.39, 0.29) is 0 Å². The highest BCUT2D eigenvalue weighted by Crippen LogP contribution is 2.53. The van der Waals surface area contributed by atoms with Gasteiger partial charge in [0.2, 0.25) is 0 Å². The minimum Gasteiger partial charge on any atom is -0.359 e. The molecule has 4 aliphatic rings. The molecule has 0 radical (unpaired) electrons. The van der Waals surface area contributed by atoms with Crippen molar-refractivity contribution in [2.75, 3.05) is 5.32 Å². The summed E-state index contributed by atoms with van der Waals surface area (Å²) in [7, 11) is 0. The third kappa shape index (κ3) is 2.68. The van der Waals surface area contributed by atoms with Gasteiger partial charge >= 0.3 is 0 Å². The number of anilines is 1. The number of aryl methyl sites for hydroxylation is 1. The Balaban J connectivity index is 1.39. The van der Waals surface area contributed by atoms with E-state index in [0.717, 1.165) is 34.5 Å². The van der Waals surface area contributed by atoms with Gasteiger partial charge in [0.1, 0.15) is 0 Å². The molecule has 4 bridgehead atoms. The molecule has 112 valence electrons. The van der Waals surface area contributed by atoms with Crippen LogP contribution in [0, 0.1) is 30.6 Å². The molecule has 0 unspecified atom stereocenters. The quantitative estimate of drug-likeness (QED) is 0.804. The predicted octanol–water partition coefficient (Wildman–Crippen LogP) is 4.11. The molecule has 0 aromatic heterocycles. The molecule has 0 amide bonds. The Morgan fingerprint density at radius 3 is 2.10 bits per heavy atom. The summed E-state index contributed by atoms with van der Waals surface area (Å²) >= 11 is 5.55. The lowest BCUT2D eigenvalue weighted by atomic mass is 9.54. The largest absolute Gasteiger partial charge is 0.359 e. The maximum Gasteiger partial charge on any atom is 0.171 e. The number of hydrogen-bond acceptors (Lipinski definition) is 1. The van der Waals surface area contributed by atoms with Gasteiger partial charge in [-0.05, 0) is 87.1 Å². The fourth-order valence-corrected chi connectivity index (χ4v) is 5.37. The molecule has 0 spiro atoms. The molecule has 0 atom stereocenters. The van der Waals surface area contributed by atoms with Crippen molar-refractivity contribution < 1.29 is 0 Å². The van der Waals surface area contributed by atoms with E-state index in [1.54, 1.807) is 0 Å². The van der Waals surface area contributed by atoms with Crippen LogP contribution in [0.2, 0.25) is 0 Å². The second-order valence-corrected chi connectivity index (χ2v) is 7.83. The van der Waals surface area contributed by atoms with Crippen molar-refractivity contribution >= 4 is 23.0 Å². The minimum absolute atomic E-state index is 0.614. The monoisotopic (exact) mass is 300 g/mol. The van der Waals surface area contributed by atoms with Crippen molar-refractivity contribution in [3.8, 4) is 0 Å². The SMILES string of the molecule is Cc1ccc(NC(=S)NC2C3CC4CC(C3)CC2C4)cc1. The van der Waals surface area contributed by atoms with Crippen LogP contribution in [0.15, 0.2) is 24.3 Å². The van der Waals surface area contributed by atoms with E-state index in [1.165, 1.54) is 37.7 Å². The standard InChI is InChI=1S/C18H24N2S/c1-11-2-4-16(5-3-11)19-18(21)20-17-14-7-12-6-13(9-14)10-15(17)8-12/h2-5,12-15,17H,6-10H2,1H3,(H2,19,20,21). The first-order chi connectivity index (χ1) is 10.2. The molecule has 21 heavy (non-hydrogen) atoms. The second kappa shape index (κ2) is 5.28. The Bertz CT molecular complexity index is 509. The summed E-state index contributed by atoms with van der Waals surface area (Å²) < 4.78 is 0. The molecular formula is C18H24N2S. The minimum atomic E-state index is 0.614. The lowest BCUT2D eigenvalue weighted by Gasteiger charge is -2.54. The lowest BCUT2D eigenvalue weighted by molar-refractivity contribution is -0.00665. The van der Waals surface area contributed by atoms with Crippen LogP contribution in [0.5, 0.6) is 0 Å². The van der Waals surface area contributed by atoms with Crippen molar-refractivity contribution in [3.63, 3.8) is 0 Å². The molecule has 2 nitrogen and oxygen atoms in total. The maximum absolute atomic E-state index is 5.55. The zero-order valence-corrected chi connectivity index (χ0v) is 13.5. The number of thiocarbonyl (C=S) groups is 1. The average Bonchev–Trinajstić information content (AvgIpc) is 2.45. The van der Waals surface area contributed by atoms with Crippen LogP contribution in [-0.4, -0.2) is 11.2 Å². The van der Waals surface area contributed by atoms with Gasteiger partial charge < -0.3 is 10.6 Å². The molecule has 5 rings (SSSR count). The fraction of sp³-hybridized carbons (Fsp3) is 0.611. The Labute approximate surface area is 132 Å². The Kier molecular flexibility index (Phi) is 3.41. The topological polar surface area (TPSA) is 24.1 Å². The average molecular weight is 300 g/mol. The molecule has 4 saturated carbocycles. The van der Waals surface area contributed by atoms with Crippen molar-refractivity contribution in [2.45, 2.75) is 45.1 Å². The van der Waals surface area contributed by atoms with Crippen LogP contribution in [0.3, 0.4) is 0 Å². The summed E-state index contributed by atoms with van der Waals surface area (Å²) in [5, 5.41) is 7.80. The van der Waals surface area contributed by atoms with E-state index < -0.39 is 0 Å². The van der Waals surface area contributed by atoms with Crippen LogP contribution in [0.1, 0.15) is 37.7 Å². The lowest BCUT2D eigenvalue weighted by Crippen LogP contribution is -2.56.